The second-order valence-electron chi connectivity index (χ2n) is 3.95. The van der Waals surface area contributed by atoms with Gasteiger partial charge in [0.25, 0.3) is 0 Å². The van der Waals surface area contributed by atoms with Crippen LogP contribution in [-0.2, 0) is 18.7 Å². The molecule has 84 valence electrons. The van der Waals surface area contributed by atoms with Crippen molar-refractivity contribution in [3.8, 4) is 0 Å². The van der Waals surface area contributed by atoms with Crippen LogP contribution in [0.4, 0.5) is 0 Å². The fraction of sp³-hybridized carbons (Fsp3) is 0.727. The number of rotatable bonds is 4. The van der Waals surface area contributed by atoms with Crippen LogP contribution in [0.25, 0.3) is 0 Å². The summed E-state index contributed by atoms with van der Waals surface area (Å²) in [6.45, 7) is 3.19. The van der Waals surface area contributed by atoms with Crippen molar-refractivity contribution in [3.05, 3.63) is 16.4 Å². The molecule has 0 fully saturated rings. The van der Waals surface area contributed by atoms with E-state index in [-0.39, 0.29) is 0 Å². The molecule has 2 heterocycles. The predicted octanol–water partition coefficient (Wildman–Crippen LogP) is 3.52. The van der Waals surface area contributed by atoms with E-state index in [1.807, 2.05) is 16.4 Å². The molecule has 2 rings (SSSR count). The Morgan fingerprint density at radius 1 is 1.47 bits per heavy atom. The highest BCUT2D eigenvalue weighted by atomic mass is 35.5. The first-order chi connectivity index (χ1) is 7.33. The number of unbranched alkanes of at least 4 members (excludes halogenated alkanes) is 2. The Hall–Kier alpha value is -0.150. The average Bonchev–Trinajstić information content (AvgIpc) is 2.57. The van der Waals surface area contributed by atoms with Gasteiger partial charge < -0.3 is 0 Å². The van der Waals surface area contributed by atoms with Crippen LogP contribution < -0.4 is 0 Å². The Morgan fingerprint density at radius 3 is 3.07 bits per heavy atom. The lowest BCUT2D eigenvalue weighted by molar-refractivity contribution is 0.549. The Labute approximate surface area is 100 Å². The van der Waals surface area contributed by atoms with Gasteiger partial charge in [0.15, 0.2) is 0 Å². The second kappa shape index (κ2) is 5.26. The molecule has 0 radical (unpaired) electrons. The summed E-state index contributed by atoms with van der Waals surface area (Å²) < 4.78 is 1.99. The van der Waals surface area contributed by atoms with Gasteiger partial charge in [0.1, 0.15) is 5.15 Å². The smallest absolute Gasteiger partial charge is 0.131 e. The van der Waals surface area contributed by atoms with Gasteiger partial charge in [0.2, 0.25) is 0 Å². The maximum absolute atomic E-state index is 6.31. The number of hydrogen-bond donors (Lipinski definition) is 0. The number of fused-ring (bicyclic) bond motifs is 1. The van der Waals surface area contributed by atoms with Crippen LogP contribution in [-0.4, -0.2) is 15.5 Å². The molecule has 0 bridgehead atoms. The van der Waals surface area contributed by atoms with Gasteiger partial charge in [0.05, 0.1) is 5.69 Å². The molecule has 0 saturated carbocycles. The molecule has 1 aromatic heterocycles. The molecule has 1 aliphatic rings. The zero-order valence-electron chi connectivity index (χ0n) is 9.13. The van der Waals surface area contributed by atoms with Crippen LogP contribution in [0.5, 0.6) is 0 Å². The third kappa shape index (κ3) is 2.51. The molecule has 2 nitrogen and oxygen atoms in total. The Balaban J connectivity index is 2.07. The van der Waals surface area contributed by atoms with E-state index in [0.29, 0.717) is 0 Å². The summed E-state index contributed by atoms with van der Waals surface area (Å²) in [6, 6.07) is 0. The molecule has 0 saturated heterocycles. The molecular weight excluding hydrogens is 228 g/mol. The lowest BCUT2D eigenvalue weighted by Gasteiger charge is -2.07. The molecule has 1 aromatic rings. The van der Waals surface area contributed by atoms with Crippen molar-refractivity contribution in [2.75, 3.05) is 5.75 Å². The first kappa shape index (κ1) is 11.3. The van der Waals surface area contributed by atoms with Gasteiger partial charge in [-0.3, -0.25) is 4.68 Å². The van der Waals surface area contributed by atoms with Crippen LogP contribution in [0, 0.1) is 0 Å². The Kier molecular flexibility index (Phi) is 3.98. The molecule has 0 spiro atoms. The number of aryl methyl sites for hydroxylation is 2. The number of halogens is 1. The van der Waals surface area contributed by atoms with Gasteiger partial charge in [-0.15, -0.1) is 0 Å². The van der Waals surface area contributed by atoms with E-state index in [9.17, 15) is 0 Å². The third-order valence-corrected chi connectivity index (χ3v) is 4.18. The monoisotopic (exact) mass is 244 g/mol. The molecule has 0 amide bonds. The summed E-state index contributed by atoms with van der Waals surface area (Å²) in [6.07, 6.45) is 4.77. The van der Waals surface area contributed by atoms with Crippen molar-refractivity contribution in [2.45, 2.75) is 44.9 Å². The second-order valence-corrected chi connectivity index (χ2v) is 5.41. The highest BCUT2D eigenvalue weighted by molar-refractivity contribution is 7.98. The third-order valence-electron chi connectivity index (χ3n) is 2.77. The summed E-state index contributed by atoms with van der Waals surface area (Å²) in [5.74, 6) is 2.23. The first-order valence-electron chi connectivity index (χ1n) is 5.64. The van der Waals surface area contributed by atoms with Gasteiger partial charge >= 0.3 is 0 Å². The van der Waals surface area contributed by atoms with Gasteiger partial charge in [-0.2, -0.15) is 16.9 Å². The van der Waals surface area contributed by atoms with E-state index in [1.54, 1.807) is 0 Å². The lowest BCUT2D eigenvalue weighted by atomic mass is 10.2. The fourth-order valence-electron chi connectivity index (χ4n) is 1.87. The van der Waals surface area contributed by atoms with Crippen molar-refractivity contribution >= 4 is 23.4 Å². The van der Waals surface area contributed by atoms with Crippen LogP contribution in [0.1, 0.15) is 37.4 Å². The summed E-state index contributed by atoms with van der Waals surface area (Å²) in [7, 11) is 0. The molecule has 1 aliphatic heterocycles. The number of aromatic nitrogens is 2. The highest BCUT2D eigenvalue weighted by Crippen LogP contribution is 2.30. The quantitative estimate of drug-likeness (QED) is 0.755. The normalized spacial score (nSPS) is 15.3. The highest BCUT2D eigenvalue weighted by Gasteiger charge is 2.18. The number of thioether (sulfide) groups is 1. The van der Waals surface area contributed by atoms with Crippen molar-refractivity contribution in [1.82, 2.24) is 9.78 Å². The Bertz CT molecular complexity index is 336. The van der Waals surface area contributed by atoms with Gasteiger partial charge in [-0.1, -0.05) is 31.4 Å². The van der Waals surface area contributed by atoms with E-state index < -0.39 is 0 Å². The van der Waals surface area contributed by atoms with Crippen molar-refractivity contribution < 1.29 is 0 Å². The SMILES string of the molecule is CCCCCn1nc2c(c1Cl)CSCC2. The van der Waals surface area contributed by atoms with E-state index in [2.05, 4.69) is 12.0 Å². The average molecular weight is 245 g/mol. The summed E-state index contributed by atoms with van der Waals surface area (Å²) in [4.78, 5) is 0. The largest absolute Gasteiger partial charge is 0.253 e. The molecule has 0 aromatic carbocycles. The molecular formula is C11H17ClN2S. The van der Waals surface area contributed by atoms with Gasteiger partial charge in [0, 0.05) is 24.3 Å². The zero-order chi connectivity index (χ0) is 10.7. The van der Waals surface area contributed by atoms with Crippen molar-refractivity contribution in [3.63, 3.8) is 0 Å². The maximum atomic E-state index is 6.31. The van der Waals surface area contributed by atoms with Crippen LogP contribution in [0.15, 0.2) is 0 Å². The van der Waals surface area contributed by atoms with Crippen LogP contribution >= 0.6 is 23.4 Å². The van der Waals surface area contributed by atoms with Crippen molar-refractivity contribution in [2.24, 2.45) is 0 Å². The molecule has 0 atom stereocenters. The molecule has 0 unspecified atom stereocenters. The van der Waals surface area contributed by atoms with E-state index in [1.165, 1.54) is 36.3 Å². The van der Waals surface area contributed by atoms with Crippen LogP contribution in [0.3, 0.4) is 0 Å². The Morgan fingerprint density at radius 2 is 2.33 bits per heavy atom. The first-order valence-corrected chi connectivity index (χ1v) is 7.18. The molecule has 0 N–H and O–H groups in total. The lowest BCUT2D eigenvalue weighted by Crippen LogP contribution is -2.02. The van der Waals surface area contributed by atoms with Gasteiger partial charge in [-0.05, 0) is 12.2 Å². The maximum Gasteiger partial charge on any atom is 0.131 e. The fourth-order valence-corrected chi connectivity index (χ4v) is 3.24. The molecule has 4 heteroatoms. The minimum absolute atomic E-state index is 0.883. The van der Waals surface area contributed by atoms with Crippen molar-refractivity contribution in [1.29, 1.82) is 0 Å². The van der Waals surface area contributed by atoms with E-state index in [0.717, 1.165) is 23.9 Å². The summed E-state index contributed by atoms with van der Waals surface area (Å²) in [5, 5.41) is 5.48. The minimum atomic E-state index is 0.883. The minimum Gasteiger partial charge on any atom is -0.253 e. The van der Waals surface area contributed by atoms with E-state index >= 15 is 0 Å². The van der Waals surface area contributed by atoms with Crippen LogP contribution in [0.2, 0.25) is 5.15 Å². The summed E-state index contributed by atoms with van der Waals surface area (Å²) >= 11 is 8.26. The topological polar surface area (TPSA) is 17.8 Å². The predicted molar refractivity (Wildman–Crippen MR) is 66.6 cm³/mol. The zero-order valence-corrected chi connectivity index (χ0v) is 10.7. The standard InChI is InChI=1S/C11H17ClN2S/c1-2-3-4-6-14-11(12)9-8-15-7-5-10(9)13-14/h2-8H2,1H3. The number of nitrogens with zero attached hydrogens (tertiary/aromatic N) is 2. The molecule has 15 heavy (non-hydrogen) atoms. The van der Waals surface area contributed by atoms with Gasteiger partial charge in [-0.25, -0.2) is 0 Å². The number of hydrogen-bond acceptors (Lipinski definition) is 2. The molecule has 0 aliphatic carbocycles. The van der Waals surface area contributed by atoms with E-state index in [4.69, 9.17) is 11.6 Å². The summed E-state index contributed by atoms with van der Waals surface area (Å²) in [5.41, 5.74) is 2.51.